The molecule has 2 N–H and O–H groups in total. The summed E-state index contributed by atoms with van der Waals surface area (Å²) in [4.78, 5) is 32.3. The van der Waals surface area contributed by atoms with Crippen LogP contribution in [0.3, 0.4) is 0 Å². The Morgan fingerprint density at radius 1 is 1.27 bits per heavy atom. The van der Waals surface area contributed by atoms with Crippen molar-refractivity contribution in [3.05, 3.63) is 71.9 Å². The summed E-state index contributed by atoms with van der Waals surface area (Å²) >= 11 is 0. The number of pyridine rings is 1. The van der Waals surface area contributed by atoms with Crippen molar-refractivity contribution in [3.8, 4) is 5.82 Å². The molecular formula is C19H17N5O2. The molecule has 130 valence electrons. The van der Waals surface area contributed by atoms with Crippen LogP contribution in [0.25, 0.3) is 5.82 Å². The van der Waals surface area contributed by atoms with Crippen LogP contribution in [0.2, 0.25) is 0 Å². The molecular weight excluding hydrogens is 330 g/mol. The van der Waals surface area contributed by atoms with Gasteiger partial charge in [-0.25, -0.2) is 9.97 Å². The summed E-state index contributed by atoms with van der Waals surface area (Å²) in [6, 6.07) is 8.96. The van der Waals surface area contributed by atoms with E-state index in [-0.39, 0.29) is 17.9 Å². The number of rotatable bonds is 4. The third-order valence-corrected chi connectivity index (χ3v) is 4.38. The first-order valence-corrected chi connectivity index (χ1v) is 8.28. The minimum Gasteiger partial charge on any atom is -0.346 e. The SMILES string of the molecule is C[C@@H](NC(=O)c1ccnc(-n2ccnc2)c1)c1ccc2c(c1)CC(=O)N2. The van der Waals surface area contributed by atoms with Crippen molar-refractivity contribution >= 4 is 17.5 Å². The van der Waals surface area contributed by atoms with E-state index in [1.165, 1.54) is 0 Å². The first kappa shape index (κ1) is 16.0. The second kappa shape index (κ2) is 6.44. The van der Waals surface area contributed by atoms with E-state index in [1.807, 2.05) is 25.1 Å². The Labute approximate surface area is 150 Å². The molecule has 0 fully saturated rings. The number of carbonyl (C=O) groups excluding carboxylic acids is 2. The average molecular weight is 347 g/mol. The predicted molar refractivity (Wildman–Crippen MR) is 96.0 cm³/mol. The number of nitrogens with zero attached hydrogens (tertiary/aromatic N) is 3. The number of aromatic nitrogens is 3. The molecule has 0 unspecified atom stereocenters. The first-order chi connectivity index (χ1) is 12.6. The van der Waals surface area contributed by atoms with E-state index in [1.54, 1.807) is 41.6 Å². The summed E-state index contributed by atoms with van der Waals surface area (Å²) < 4.78 is 1.74. The molecule has 3 aromatic rings. The Balaban J connectivity index is 1.51. The van der Waals surface area contributed by atoms with Crippen molar-refractivity contribution in [1.29, 1.82) is 0 Å². The zero-order chi connectivity index (χ0) is 18.1. The van der Waals surface area contributed by atoms with Gasteiger partial charge in [-0.3, -0.25) is 14.2 Å². The van der Waals surface area contributed by atoms with E-state index in [9.17, 15) is 9.59 Å². The molecule has 7 nitrogen and oxygen atoms in total. The molecule has 0 bridgehead atoms. The van der Waals surface area contributed by atoms with Gasteiger partial charge in [-0.1, -0.05) is 12.1 Å². The average Bonchev–Trinajstić information content (AvgIpc) is 3.29. The first-order valence-electron chi connectivity index (χ1n) is 8.28. The van der Waals surface area contributed by atoms with Crippen LogP contribution in [0.4, 0.5) is 5.69 Å². The Morgan fingerprint density at radius 3 is 2.96 bits per heavy atom. The maximum atomic E-state index is 12.6. The van der Waals surface area contributed by atoms with Crippen LogP contribution in [-0.4, -0.2) is 26.3 Å². The summed E-state index contributed by atoms with van der Waals surface area (Å²) in [6.07, 6.45) is 7.03. The normalized spacial score (nSPS) is 13.8. The molecule has 2 aromatic heterocycles. The lowest BCUT2D eigenvalue weighted by atomic mass is 10.0. The fraction of sp³-hybridized carbons (Fsp3) is 0.158. The van der Waals surface area contributed by atoms with Crippen molar-refractivity contribution in [3.63, 3.8) is 0 Å². The van der Waals surface area contributed by atoms with E-state index in [0.29, 0.717) is 17.8 Å². The molecule has 1 aliphatic rings. The molecule has 1 aromatic carbocycles. The van der Waals surface area contributed by atoms with Crippen molar-refractivity contribution in [1.82, 2.24) is 19.9 Å². The number of amides is 2. The molecule has 0 saturated heterocycles. The number of hydrogen-bond donors (Lipinski definition) is 2. The Bertz CT molecular complexity index is 981. The van der Waals surface area contributed by atoms with E-state index < -0.39 is 0 Å². The number of benzene rings is 1. The molecule has 7 heteroatoms. The van der Waals surface area contributed by atoms with Crippen LogP contribution in [-0.2, 0) is 11.2 Å². The molecule has 1 atom stereocenters. The standard InChI is InChI=1S/C19H17N5O2/c1-12(13-2-3-16-15(8-13)10-18(25)23-16)22-19(26)14-4-5-21-17(9-14)24-7-6-20-11-24/h2-9,11-12H,10H2,1H3,(H,22,26)(H,23,25)/t12-/m1/s1. The minimum absolute atomic E-state index is 0.00217. The van der Waals surface area contributed by atoms with Crippen molar-refractivity contribution in [2.75, 3.05) is 5.32 Å². The lowest BCUT2D eigenvalue weighted by Gasteiger charge is -2.15. The number of anilines is 1. The number of nitrogens with one attached hydrogen (secondary N) is 2. The largest absolute Gasteiger partial charge is 0.346 e. The van der Waals surface area contributed by atoms with Gasteiger partial charge in [0.25, 0.3) is 5.91 Å². The predicted octanol–water partition coefficient (Wildman–Crippen LogP) is 2.25. The summed E-state index contributed by atoms with van der Waals surface area (Å²) in [5.74, 6) is 0.443. The zero-order valence-electron chi connectivity index (χ0n) is 14.1. The van der Waals surface area contributed by atoms with Gasteiger partial charge in [0.2, 0.25) is 5.91 Å². The Kier molecular flexibility index (Phi) is 3.96. The van der Waals surface area contributed by atoms with Crippen molar-refractivity contribution in [2.24, 2.45) is 0 Å². The summed E-state index contributed by atoms with van der Waals surface area (Å²) in [5, 5.41) is 5.80. The molecule has 3 heterocycles. The smallest absolute Gasteiger partial charge is 0.251 e. The van der Waals surface area contributed by atoms with E-state index in [2.05, 4.69) is 20.6 Å². The highest BCUT2D eigenvalue weighted by atomic mass is 16.2. The van der Waals surface area contributed by atoms with Gasteiger partial charge < -0.3 is 10.6 Å². The highest BCUT2D eigenvalue weighted by molar-refractivity contribution is 5.99. The van der Waals surface area contributed by atoms with Crippen LogP contribution < -0.4 is 10.6 Å². The highest BCUT2D eigenvalue weighted by Gasteiger charge is 2.19. The van der Waals surface area contributed by atoms with Gasteiger partial charge in [0.15, 0.2) is 0 Å². The topological polar surface area (TPSA) is 88.9 Å². The number of imidazole rings is 1. The van der Waals surface area contributed by atoms with Gasteiger partial charge in [-0.05, 0) is 36.2 Å². The highest BCUT2D eigenvalue weighted by Crippen LogP contribution is 2.26. The van der Waals surface area contributed by atoms with Gasteiger partial charge in [0, 0.05) is 29.8 Å². The molecule has 0 aliphatic carbocycles. The molecule has 0 saturated carbocycles. The number of hydrogen-bond acceptors (Lipinski definition) is 4. The van der Waals surface area contributed by atoms with Crippen molar-refractivity contribution < 1.29 is 9.59 Å². The molecule has 2 amide bonds. The van der Waals surface area contributed by atoms with Gasteiger partial charge >= 0.3 is 0 Å². The van der Waals surface area contributed by atoms with E-state index in [4.69, 9.17) is 0 Å². The summed E-state index contributed by atoms with van der Waals surface area (Å²) in [5.41, 5.74) is 3.28. The van der Waals surface area contributed by atoms with Gasteiger partial charge in [0.1, 0.15) is 12.1 Å². The maximum Gasteiger partial charge on any atom is 0.251 e. The van der Waals surface area contributed by atoms with Gasteiger partial charge in [-0.2, -0.15) is 0 Å². The van der Waals surface area contributed by atoms with Crippen LogP contribution in [0, 0.1) is 0 Å². The molecule has 1 aliphatic heterocycles. The lowest BCUT2D eigenvalue weighted by molar-refractivity contribution is -0.115. The third-order valence-electron chi connectivity index (χ3n) is 4.38. The number of carbonyl (C=O) groups is 2. The third kappa shape index (κ3) is 3.06. The monoisotopic (exact) mass is 347 g/mol. The van der Waals surface area contributed by atoms with Crippen LogP contribution >= 0.6 is 0 Å². The van der Waals surface area contributed by atoms with Crippen LogP contribution in [0.15, 0.2) is 55.2 Å². The second-order valence-corrected chi connectivity index (χ2v) is 6.21. The Hall–Kier alpha value is -3.48. The summed E-state index contributed by atoms with van der Waals surface area (Å²) in [7, 11) is 0. The number of fused-ring (bicyclic) bond motifs is 1. The Morgan fingerprint density at radius 2 is 2.15 bits per heavy atom. The van der Waals surface area contributed by atoms with Crippen molar-refractivity contribution in [2.45, 2.75) is 19.4 Å². The molecule has 0 radical (unpaired) electrons. The second-order valence-electron chi connectivity index (χ2n) is 6.21. The molecule has 4 rings (SSSR count). The van der Waals surface area contributed by atoms with Crippen LogP contribution in [0.1, 0.15) is 34.5 Å². The quantitative estimate of drug-likeness (QED) is 0.758. The van der Waals surface area contributed by atoms with E-state index >= 15 is 0 Å². The fourth-order valence-electron chi connectivity index (χ4n) is 2.98. The van der Waals surface area contributed by atoms with Gasteiger partial charge in [-0.15, -0.1) is 0 Å². The molecule has 26 heavy (non-hydrogen) atoms. The fourth-order valence-corrected chi connectivity index (χ4v) is 2.98. The summed E-state index contributed by atoms with van der Waals surface area (Å²) in [6.45, 7) is 1.92. The zero-order valence-corrected chi connectivity index (χ0v) is 14.1. The lowest BCUT2D eigenvalue weighted by Crippen LogP contribution is -2.26. The van der Waals surface area contributed by atoms with E-state index in [0.717, 1.165) is 16.8 Å². The molecule has 0 spiro atoms. The van der Waals surface area contributed by atoms with Crippen LogP contribution in [0.5, 0.6) is 0 Å². The maximum absolute atomic E-state index is 12.6. The van der Waals surface area contributed by atoms with Gasteiger partial charge in [0.05, 0.1) is 12.5 Å². The minimum atomic E-state index is -0.187.